The van der Waals surface area contributed by atoms with Crippen molar-refractivity contribution in [3.63, 3.8) is 0 Å². The van der Waals surface area contributed by atoms with Crippen LogP contribution in [0.1, 0.15) is 12.5 Å². The van der Waals surface area contributed by atoms with Crippen LogP contribution < -0.4 is 15.8 Å². The van der Waals surface area contributed by atoms with E-state index in [4.69, 9.17) is 28.5 Å². The van der Waals surface area contributed by atoms with Crippen LogP contribution in [0.25, 0.3) is 0 Å². The number of nitrogens with two attached hydrogens (primary N) is 1. The van der Waals surface area contributed by atoms with Gasteiger partial charge in [0.1, 0.15) is 5.75 Å². The fraction of sp³-hybridized carbons (Fsp3) is 0.308. The molecule has 1 atom stereocenters. The smallest absolute Gasteiger partial charge is 0.261 e. The molecule has 5 heteroatoms. The second kappa shape index (κ2) is 6.90. The third-order valence-electron chi connectivity index (χ3n) is 2.27. The van der Waals surface area contributed by atoms with E-state index in [-0.39, 0.29) is 12.5 Å². The van der Waals surface area contributed by atoms with E-state index in [0.29, 0.717) is 17.3 Å². The first kappa shape index (κ1) is 14.4. The average molecular weight is 267 g/mol. The molecule has 1 unspecified atom stereocenters. The maximum absolute atomic E-state index is 11.5. The van der Waals surface area contributed by atoms with Gasteiger partial charge < -0.3 is 15.8 Å². The van der Waals surface area contributed by atoms with Crippen molar-refractivity contribution in [3.8, 4) is 18.1 Å². The molecule has 0 aliphatic heterocycles. The first-order valence-corrected chi connectivity index (χ1v) is 5.82. The molecular weight excluding hydrogens is 252 g/mol. The fourth-order valence-electron chi connectivity index (χ4n) is 1.29. The molecule has 0 saturated carbocycles. The molecule has 3 N–H and O–H groups in total. The van der Waals surface area contributed by atoms with Crippen molar-refractivity contribution >= 4 is 17.5 Å². The lowest BCUT2D eigenvalue weighted by atomic mass is 10.2. The van der Waals surface area contributed by atoms with Crippen LogP contribution in [-0.4, -0.2) is 18.6 Å². The Morgan fingerprint density at radius 1 is 1.67 bits per heavy atom. The van der Waals surface area contributed by atoms with Crippen LogP contribution in [-0.2, 0) is 11.3 Å². The lowest BCUT2D eigenvalue weighted by Crippen LogP contribution is -2.36. The summed E-state index contributed by atoms with van der Waals surface area (Å²) < 4.78 is 5.45. The fourth-order valence-corrected chi connectivity index (χ4v) is 1.54. The van der Waals surface area contributed by atoms with Crippen molar-refractivity contribution in [3.05, 3.63) is 28.8 Å². The summed E-state index contributed by atoms with van der Waals surface area (Å²) in [6.45, 7) is 2.20. The maximum atomic E-state index is 11.5. The van der Waals surface area contributed by atoms with Gasteiger partial charge in [-0.2, -0.15) is 0 Å². The SMILES string of the molecule is C#CCNC(=O)C(C)Oc1ccc(CN)cc1Cl. The summed E-state index contributed by atoms with van der Waals surface area (Å²) in [7, 11) is 0. The van der Waals surface area contributed by atoms with Crippen molar-refractivity contribution in [2.45, 2.75) is 19.6 Å². The minimum atomic E-state index is -0.667. The monoisotopic (exact) mass is 266 g/mol. The number of carbonyl (C=O) groups is 1. The summed E-state index contributed by atoms with van der Waals surface area (Å²) in [5, 5.41) is 2.96. The molecule has 18 heavy (non-hydrogen) atoms. The number of nitrogens with one attached hydrogen (secondary N) is 1. The van der Waals surface area contributed by atoms with Crippen LogP contribution in [0.2, 0.25) is 5.02 Å². The van der Waals surface area contributed by atoms with Gasteiger partial charge >= 0.3 is 0 Å². The van der Waals surface area contributed by atoms with Gasteiger partial charge in [0.25, 0.3) is 5.91 Å². The molecule has 0 aliphatic rings. The lowest BCUT2D eigenvalue weighted by Gasteiger charge is -2.15. The molecule has 1 aromatic carbocycles. The van der Waals surface area contributed by atoms with Gasteiger partial charge in [0.2, 0.25) is 0 Å². The predicted molar refractivity (Wildman–Crippen MR) is 71.3 cm³/mol. The van der Waals surface area contributed by atoms with E-state index in [2.05, 4.69) is 11.2 Å². The van der Waals surface area contributed by atoms with Crippen molar-refractivity contribution in [1.29, 1.82) is 0 Å². The Hall–Kier alpha value is -1.70. The largest absolute Gasteiger partial charge is 0.479 e. The van der Waals surface area contributed by atoms with Crippen LogP contribution in [0.5, 0.6) is 5.75 Å². The van der Waals surface area contributed by atoms with Crippen molar-refractivity contribution < 1.29 is 9.53 Å². The van der Waals surface area contributed by atoms with E-state index < -0.39 is 6.10 Å². The molecule has 0 saturated heterocycles. The van der Waals surface area contributed by atoms with E-state index in [1.165, 1.54) is 0 Å². The van der Waals surface area contributed by atoms with E-state index >= 15 is 0 Å². The Morgan fingerprint density at radius 2 is 2.39 bits per heavy atom. The first-order valence-electron chi connectivity index (χ1n) is 5.44. The number of hydrogen-bond donors (Lipinski definition) is 2. The highest BCUT2D eigenvalue weighted by atomic mass is 35.5. The highest BCUT2D eigenvalue weighted by Gasteiger charge is 2.15. The molecule has 0 spiro atoms. The van der Waals surface area contributed by atoms with Crippen molar-refractivity contribution in [2.24, 2.45) is 5.73 Å². The number of carbonyl (C=O) groups excluding carboxylic acids is 1. The minimum Gasteiger partial charge on any atom is -0.479 e. The second-order valence-corrected chi connectivity index (χ2v) is 4.06. The summed E-state index contributed by atoms with van der Waals surface area (Å²) in [5.41, 5.74) is 6.39. The zero-order valence-electron chi connectivity index (χ0n) is 10.1. The molecule has 1 aromatic rings. The molecule has 96 valence electrons. The Morgan fingerprint density at radius 3 is 2.94 bits per heavy atom. The third-order valence-corrected chi connectivity index (χ3v) is 2.57. The number of benzene rings is 1. The van der Waals surface area contributed by atoms with Gasteiger partial charge in [-0.15, -0.1) is 6.42 Å². The quantitative estimate of drug-likeness (QED) is 0.790. The lowest BCUT2D eigenvalue weighted by molar-refractivity contribution is -0.126. The van der Waals surface area contributed by atoms with Gasteiger partial charge in [-0.25, -0.2) is 0 Å². The van der Waals surface area contributed by atoms with Gasteiger partial charge in [-0.3, -0.25) is 4.79 Å². The summed E-state index contributed by atoms with van der Waals surface area (Å²) in [6, 6.07) is 5.20. The summed E-state index contributed by atoms with van der Waals surface area (Å²) >= 11 is 6.02. The molecule has 1 amide bonds. The molecule has 0 bridgehead atoms. The Kier molecular flexibility index (Phi) is 5.50. The third kappa shape index (κ3) is 3.95. The molecule has 0 aromatic heterocycles. The van der Waals surface area contributed by atoms with E-state index in [9.17, 15) is 4.79 Å². The Balaban J connectivity index is 2.67. The van der Waals surface area contributed by atoms with E-state index in [1.807, 2.05) is 0 Å². The first-order chi connectivity index (χ1) is 8.58. The van der Waals surface area contributed by atoms with E-state index in [1.54, 1.807) is 25.1 Å². The van der Waals surface area contributed by atoms with E-state index in [0.717, 1.165) is 5.56 Å². The molecule has 0 fully saturated rings. The summed E-state index contributed by atoms with van der Waals surface area (Å²) in [6.07, 6.45) is 4.38. The average Bonchev–Trinajstić information content (AvgIpc) is 2.38. The van der Waals surface area contributed by atoms with Gasteiger partial charge in [-0.05, 0) is 24.6 Å². The van der Waals surface area contributed by atoms with Gasteiger partial charge in [-0.1, -0.05) is 23.6 Å². The van der Waals surface area contributed by atoms with Crippen molar-refractivity contribution in [2.75, 3.05) is 6.54 Å². The zero-order chi connectivity index (χ0) is 13.5. The number of amides is 1. The minimum absolute atomic E-state index is 0.173. The van der Waals surface area contributed by atoms with Crippen LogP contribution >= 0.6 is 11.6 Å². The van der Waals surface area contributed by atoms with Crippen LogP contribution in [0.3, 0.4) is 0 Å². The van der Waals surface area contributed by atoms with Gasteiger partial charge in [0.15, 0.2) is 6.10 Å². The Bertz CT molecular complexity index is 469. The molecule has 0 radical (unpaired) electrons. The van der Waals surface area contributed by atoms with Crippen LogP contribution in [0, 0.1) is 12.3 Å². The van der Waals surface area contributed by atoms with Gasteiger partial charge in [0.05, 0.1) is 11.6 Å². The van der Waals surface area contributed by atoms with Gasteiger partial charge in [0, 0.05) is 6.54 Å². The number of terminal acetylenes is 1. The molecule has 0 heterocycles. The topological polar surface area (TPSA) is 64.3 Å². The van der Waals surface area contributed by atoms with Crippen LogP contribution in [0.4, 0.5) is 0 Å². The summed E-state index contributed by atoms with van der Waals surface area (Å²) in [5.74, 6) is 2.47. The van der Waals surface area contributed by atoms with Crippen molar-refractivity contribution in [1.82, 2.24) is 5.32 Å². The number of rotatable bonds is 5. The maximum Gasteiger partial charge on any atom is 0.261 e. The number of ether oxygens (including phenoxy) is 1. The number of hydrogen-bond acceptors (Lipinski definition) is 3. The molecule has 4 nitrogen and oxygen atoms in total. The zero-order valence-corrected chi connectivity index (χ0v) is 10.8. The Labute approximate surface area is 111 Å². The summed E-state index contributed by atoms with van der Waals surface area (Å²) in [4.78, 5) is 11.5. The second-order valence-electron chi connectivity index (χ2n) is 3.65. The highest BCUT2D eigenvalue weighted by molar-refractivity contribution is 6.32. The predicted octanol–water partition coefficient (Wildman–Crippen LogP) is 1.32. The van der Waals surface area contributed by atoms with Crippen LogP contribution in [0.15, 0.2) is 18.2 Å². The standard InChI is InChI=1S/C13H15ClN2O2/c1-3-6-16-13(17)9(2)18-12-5-4-10(8-15)7-11(12)14/h1,4-5,7,9H,6,8,15H2,2H3,(H,16,17). The molecular formula is C13H15ClN2O2. The molecule has 1 rings (SSSR count). The number of halogens is 1. The molecule has 0 aliphatic carbocycles. The highest BCUT2D eigenvalue weighted by Crippen LogP contribution is 2.26. The normalized spacial score (nSPS) is 11.4.